The first kappa shape index (κ1) is 14.3. The molecule has 8 heteroatoms. The number of hydrogen-bond acceptors (Lipinski definition) is 5. The summed E-state index contributed by atoms with van der Waals surface area (Å²) in [6.07, 6.45) is -0.595. The summed E-state index contributed by atoms with van der Waals surface area (Å²) in [5.74, 6) is 0.543. The molecule has 1 aromatic heterocycles. The summed E-state index contributed by atoms with van der Waals surface area (Å²) in [6.45, 7) is -1.07. The highest BCUT2D eigenvalue weighted by Crippen LogP contribution is 2.42. The third-order valence-corrected chi connectivity index (χ3v) is 3.38. The lowest BCUT2D eigenvalue weighted by molar-refractivity contribution is -0.177. The molecule has 0 aromatic carbocycles. The van der Waals surface area contributed by atoms with Gasteiger partial charge in [-0.1, -0.05) is 11.6 Å². The van der Waals surface area contributed by atoms with Gasteiger partial charge in [-0.05, 0) is 24.8 Å². The monoisotopic (exact) mass is 279 g/mol. The average molecular weight is 279 g/mol. The first-order valence-corrected chi connectivity index (χ1v) is 6.08. The minimum atomic E-state index is -4.35. The van der Waals surface area contributed by atoms with Crippen LogP contribution in [-0.4, -0.2) is 29.5 Å². The molecule has 0 spiro atoms. The van der Waals surface area contributed by atoms with Gasteiger partial charge in [0.1, 0.15) is 13.2 Å². The normalized spacial score (nSPS) is 18.3. The maximum absolute atomic E-state index is 11.9. The summed E-state index contributed by atoms with van der Waals surface area (Å²) in [5, 5.41) is 3.59. The Morgan fingerprint density at radius 1 is 1.37 bits per heavy atom. The van der Waals surface area contributed by atoms with Crippen LogP contribution in [0.2, 0.25) is 0 Å². The lowest BCUT2D eigenvalue weighted by Gasteiger charge is -2.39. The van der Waals surface area contributed by atoms with Crippen LogP contribution in [0.15, 0.2) is 4.52 Å². The number of rotatable bonds is 6. The predicted molar refractivity (Wildman–Crippen MR) is 59.1 cm³/mol. The highest BCUT2D eigenvalue weighted by atomic mass is 19.4. The van der Waals surface area contributed by atoms with Crippen molar-refractivity contribution in [3.8, 4) is 0 Å². The zero-order valence-corrected chi connectivity index (χ0v) is 10.4. The van der Waals surface area contributed by atoms with E-state index in [0.29, 0.717) is 18.9 Å². The van der Waals surface area contributed by atoms with Gasteiger partial charge in [0, 0.05) is 6.42 Å². The van der Waals surface area contributed by atoms with Gasteiger partial charge >= 0.3 is 6.18 Å². The van der Waals surface area contributed by atoms with Crippen molar-refractivity contribution < 1.29 is 22.4 Å². The lowest BCUT2D eigenvalue weighted by Crippen LogP contribution is -2.39. The second-order valence-electron chi connectivity index (χ2n) is 4.95. The predicted octanol–water partition coefficient (Wildman–Crippen LogP) is 1.82. The van der Waals surface area contributed by atoms with Crippen LogP contribution in [0.5, 0.6) is 0 Å². The summed E-state index contributed by atoms with van der Waals surface area (Å²) in [6, 6.07) is 0. The number of ether oxygens (including phenoxy) is 1. The van der Waals surface area contributed by atoms with E-state index in [-0.39, 0.29) is 17.8 Å². The van der Waals surface area contributed by atoms with Gasteiger partial charge in [0.05, 0.1) is 0 Å². The van der Waals surface area contributed by atoms with Crippen LogP contribution >= 0.6 is 0 Å². The molecular formula is C11H16F3N3O2. The van der Waals surface area contributed by atoms with Crippen LogP contribution in [0, 0.1) is 5.41 Å². The molecule has 0 saturated heterocycles. The molecule has 0 radical (unpaired) electrons. The van der Waals surface area contributed by atoms with Gasteiger partial charge < -0.3 is 15.0 Å². The first-order valence-electron chi connectivity index (χ1n) is 6.08. The molecule has 0 bridgehead atoms. The smallest absolute Gasteiger partial charge is 0.364 e. The fourth-order valence-corrected chi connectivity index (χ4v) is 2.13. The van der Waals surface area contributed by atoms with Crippen molar-refractivity contribution in [2.45, 2.75) is 38.5 Å². The molecule has 2 N–H and O–H groups in total. The highest BCUT2D eigenvalue weighted by molar-refractivity contribution is 4.97. The molecule has 19 heavy (non-hydrogen) atoms. The summed E-state index contributed by atoms with van der Waals surface area (Å²) in [5.41, 5.74) is 5.74. The van der Waals surface area contributed by atoms with E-state index in [1.165, 1.54) is 0 Å². The van der Waals surface area contributed by atoms with E-state index < -0.39 is 12.8 Å². The molecule has 0 atom stereocenters. The number of nitrogens with zero attached hydrogens (tertiary/aromatic N) is 2. The lowest BCUT2D eigenvalue weighted by atomic mass is 9.67. The van der Waals surface area contributed by atoms with E-state index in [1.807, 2.05) is 0 Å². The molecule has 1 aliphatic carbocycles. The number of halogens is 3. The summed E-state index contributed by atoms with van der Waals surface area (Å²) in [4.78, 5) is 4.02. The van der Waals surface area contributed by atoms with E-state index in [2.05, 4.69) is 14.9 Å². The summed E-state index contributed by atoms with van der Waals surface area (Å²) in [7, 11) is 0. The number of hydrogen-bond donors (Lipinski definition) is 1. The largest absolute Gasteiger partial charge is 0.411 e. The van der Waals surface area contributed by atoms with Gasteiger partial charge in [-0.3, -0.25) is 0 Å². The van der Waals surface area contributed by atoms with E-state index in [9.17, 15) is 13.2 Å². The minimum Gasteiger partial charge on any atom is -0.364 e. The Kier molecular flexibility index (Phi) is 4.10. The van der Waals surface area contributed by atoms with Crippen LogP contribution in [0.3, 0.4) is 0 Å². The third kappa shape index (κ3) is 3.90. The van der Waals surface area contributed by atoms with Crippen molar-refractivity contribution in [1.82, 2.24) is 10.1 Å². The molecule has 5 nitrogen and oxygen atoms in total. The SMILES string of the molecule is NCC1(Cc2nc(COCC(F)(F)F)no2)CCC1. The maximum atomic E-state index is 11.9. The molecule has 1 saturated carbocycles. The van der Waals surface area contributed by atoms with Crippen molar-refractivity contribution in [1.29, 1.82) is 0 Å². The van der Waals surface area contributed by atoms with Crippen molar-refractivity contribution in [3.63, 3.8) is 0 Å². The minimum absolute atomic E-state index is 0.0244. The fraction of sp³-hybridized carbons (Fsp3) is 0.818. The van der Waals surface area contributed by atoms with Crippen LogP contribution in [0.25, 0.3) is 0 Å². The molecule has 1 heterocycles. The Balaban J connectivity index is 1.82. The number of nitrogens with two attached hydrogens (primary N) is 1. The Hall–Kier alpha value is -1.15. The Bertz CT molecular complexity index is 410. The number of alkyl halides is 3. The van der Waals surface area contributed by atoms with Crippen LogP contribution in [-0.2, 0) is 17.8 Å². The van der Waals surface area contributed by atoms with Crippen LogP contribution in [0.4, 0.5) is 13.2 Å². The van der Waals surface area contributed by atoms with E-state index in [1.54, 1.807) is 0 Å². The first-order chi connectivity index (χ1) is 8.92. The zero-order chi connectivity index (χ0) is 13.9. The van der Waals surface area contributed by atoms with Gasteiger partial charge in [-0.2, -0.15) is 18.2 Å². The molecule has 2 rings (SSSR count). The molecule has 1 aromatic rings. The van der Waals surface area contributed by atoms with Gasteiger partial charge in [0.25, 0.3) is 0 Å². The van der Waals surface area contributed by atoms with Crippen molar-refractivity contribution in [3.05, 3.63) is 11.7 Å². The quantitative estimate of drug-likeness (QED) is 0.859. The van der Waals surface area contributed by atoms with Gasteiger partial charge in [0.15, 0.2) is 5.82 Å². The topological polar surface area (TPSA) is 74.2 Å². The van der Waals surface area contributed by atoms with Crippen molar-refractivity contribution in [2.75, 3.05) is 13.2 Å². The summed E-state index contributed by atoms with van der Waals surface area (Å²) < 4.78 is 45.1. The fourth-order valence-electron chi connectivity index (χ4n) is 2.13. The van der Waals surface area contributed by atoms with Crippen LogP contribution < -0.4 is 5.73 Å². The second-order valence-corrected chi connectivity index (χ2v) is 4.95. The molecule has 0 aliphatic heterocycles. The molecular weight excluding hydrogens is 263 g/mol. The standard InChI is InChI=1S/C11H16F3N3O2/c12-11(13,14)7-18-5-8-16-9(19-17-8)4-10(6-15)2-1-3-10/h1-7,15H2. The van der Waals surface area contributed by atoms with E-state index in [0.717, 1.165) is 19.3 Å². The second kappa shape index (κ2) is 5.46. The average Bonchev–Trinajstić information content (AvgIpc) is 2.69. The third-order valence-electron chi connectivity index (χ3n) is 3.38. The molecule has 0 amide bonds. The zero-order valence-electron chi connectivity index (χ0n) is 10.4. The van der Waals surface area contributed by atoms with Gasteiger partial charge in [-0.25, -0.2) is 0 Å². The Morgan fingerprint density at radius 3 is 2.63 bits per heavy atom. The Morgan fingerprint density at radius 2 is 2.11 bits per heavy atom. The Labute approximate surface area is 108 Å². The molecule has 1 fully saturated rings. The molecule has 0 unspecified atom stereocenters. The van der Waals surface area contributed by atoms with Gasteiger partial charge in [-0.15, -0.1) is 0 Å². The molecule has 108 valence electrons. The van der Waals surface area contributed by atoms with Crippen molar-refractivity contribution >= 4 is 0 Å². The molecule has 1 aliphatic rings. The maximum Gasteiger partial charge on any atom is 0.411 e. The van der Waals surface area contributed by atoms with E-state index >= 15 is 0 Å². The highest BCUT2D eigenvalue weighted by Gasteiger charge is 2.37. The van der Waals surface area contributed by atoms with Crippen LogP contribution in [0.1, 0.15) is 31.0 Å². The summed E-state index contributed by atoms with van der Waals surface area (Å²) >= 11 is 0. The number of aromatic nitrogens is 2. The van der Waals surface area contributed by atoms with Crippen molar-refractivity contribution in [2.24, 2.45) is 11.1 Å². The van der Waals surface area contributed by atoms with Gasteiger partial charge in [0.2, 0.25) is 5.89 Å². The van der Waals surface area contributed by atoms with E-state index in [4.69, 9.17) is 10.3 Å².